The third-order valence-corrected chi connectivity index (χ3v) is 16.1. The van der Waals surface area contributed by atoms with Gasteiger partial charge in [-0.05, 0) is 115 Å². The van der Waals surface area contributed by atoms with Gasteiger partial charge in [-0.1, -0.05) is 58.8 Å². The first-order chi connectivity index (χ1) is 29.5. The molecule has 2 bridgehead atoms. The molecule has 9 rings (SSSR count). The number of hydrogen-bond acceptors (Lipinski definition) is 11. The molecule has 3 amide bonds. The van der Waals surface area contributed by atoms with Crippen LogP contribution in [0.5, 0.6) is 0 Å². The predicted octanol–water partition coefficient (Wildman–Crippen LogP) is 4.08. The van der Waals surface area contributed by atoms with Gasteiger partial charge in [-0.3, -0.25) is 28.8 Å². The molecule has 0 spiro atoms. The Balaban J connectivity index is 0.902. The molecular formula is C47H59BrFN3O11. The number of fused-ring (bicyclic) bond motifs is 7. The van der Waals surface area contributed by atoms with Crippen molar-refractivity contribution in [2.75, 3.05) is 18.5 Å². The highest BCUT2D eigenvalue weighted by molar-refractivity contribution is 9.09. The van der Waals surface area contributed by atoms with Gasteiger partial charge >= 0.3 is 5.97 Å². The van der Waals surface area contributed by atoms with E-state index in [4.69, 9.17) is 14.2 Å². The van der Waals surface area contributed by atoms with Crippen LogP contribution in [0.2, 0.25) is 0 Å². The minimum atomic E-state index is -2.08. The summed E-state index contributed by atoms with van der Waals surface area (Å²) < 4.78 is 36.4. The number of esters is 1. The van der Waals surface area contributed by atoms with Crippen molar-refractivity contribution in [1.29, 1.82) is 0 Å². The van der Waals surface area contributed by atoms with Crippen molar-refractivity contribution in [1.82, 2.24) is 16.0 Å². The smallest absolute Gasteiger partial charge is 0.306 e. The molecule has 6 saturated carbocycles. The summed E-state index contributed by atoms with van der Waals surface area (Å²) in [6.07, 6.45) is 5.28. The van der Waals surface area contributed by atoms with E-state index in [-0.39, 0.29) is 48.2 Å². The predicted molar refractivity (Wildman–Crippen MR) is 228 cm³/mol. The molecule has 1 aliphatic heterocycles. The average Bonchev–Trinajstić information content (AvgIpc) is 3.70. The maximum absolute atomic E-state index is 17.8. The zero-order valence-electron chi connectivity index (χ0n) is 36.5. The van der Waals surface area contributed by atoms with Gasteiger partial charge in [0.1, 0.15) is 18.2 Å². The van der Waals surface area contributed by atoms with Crippen LogP contribution in [0, 0.1) is 28.1 Å². The minimum absolute atomic E-state index is 0.0221. The van der Waals surface area contributed by atoms with Gasteiger partial charge in [0.15, 0.2) is 29.1 Å². The summed E-state index contributed by atoms with van der Waals surface area (Å²) in [6.45, 7) is 7.74. The monoisotopic (exact) mass is 939 g/mol. The number of aliphatic hydroxyl groups excluding tert-OH is 2. The maximum atomic E-state index is 17.8. The second kappa shape index (κ2) is 16.0. The molecule has 16 heteroatoms. The summed E-state index contributed by atoms with van der Waals surface area (Å²) in [5.41, 5.74) is -4.67. The number of aliphatic hydroxyl groups is 2. The van der Waals surface area contributed by atoms with Crippen LogP contribution in [-0.2, 0) is 49.4 Å². The number of hydrogen-bond donors (Lipinski definition) is 5. The highest BCUT2D eigenvalue weighted by Crippen LogP contribution is 2.73. The van der Waals surface area contributed by atoms with Crippen LogP contribution < -0.4 is 16.0 Å². The SMILES string of the molecule is CC(C)(C)OC(=O)CC[C@H](NC(=O)CNC(=O)CBr)C(=O)NC12CC(Cc3ccc(C4O[C@@H]5C[C@H]6[C@@H]7CCC8=CC(=O)C=C[C@]8(C)[C@@]7(F)[C@@H](O)C[C@]6(C)[C@]5(C(=O)CO)O4)cc3)(C1)C2. The third-order valence-electron chi connectivity index (χ3n) is 15.6. The Bertz CT molecular complexity index is 2140. The van der Waals surface area contributed by atoms with Crippen molar-refractivity contribution in [2.45, 2.75) is 146 Å². The number of allylic oxidation sites excluding steroid dienone is 4. The number of carbonyl (C=O) groups excluding carboxylic acids is 6. The van der Waals surface area contributed by atoms with E-state index >= 15 is 4.39 Å². The lowest BCUT2D eigenvalue weighted by molar-refractivity contribution is -0.231. The summed E-state index contributed by atoms with van der Waals surface area (Å²) in [5, 5.41) is 30.5. The third kappa shape index (κ3) is 7.53. The standard InChI is InChI=1S/C47H59BrFN3O11/c1-41(2,3)62-38(59)13-12-32(51-37(58)21-50-36(57)20-48)39(60)52-45-23-44(24-45,25-45)18-26-6-8-27(9-7-26)40-61-35-17-31-30-11-10-28-16-29(54)14-15-42(28,4)46(30,49)33(55)19-43(31,5)47(35,63-40)34(56)22-53/h6-9,14-16,30-33,35,40,53,55H,10-13,17-25H2,1-5H3,(H,50,57)(H,51,58)(H,52,60)/t30-,31-,32-,33-,35+,40?,42-,43-,44?,45?,46-,47+/m0/s1. The number of halogens is 2. The summed E-state index contributed by atoms with van der Waals surface area (Å²) in [7, 11) is 0. The fourth-order valence-corrected chi connectivity index (χ4v) is 13.2. The molecule has 342 valence electrons. The molecule has 0 radical (unpaired) electrons. The maximum Gasteiger partial charge on any atom is 0.306 e. The molecule has 0 aromatic heterocycles. The Morgan fingerprint density at radius 2 is 1.75 bits per heavy atom. The highest BCUT2D eigenvalue weighted by Gasteiger charge is 2.79. The van der Waals surface area contributed by atoms with Gasteiger partial charge < -0.3 is 40.4 Å². The van der Waals surface area contributed by atoms with Gasteiger partial charge in [-0.15, -0.1) is 0 Å². The summed E-state index contributed by atoms with van der Waals surface area (Å²) in [4.78, 5) is 76.6. The Morgan fingerprint density at radius 1 is 1.05 bits per heavy atom. The summed E-state index contributed by atoms with van der Waals surface area (Å²) in [5.74, 6) is -3.63. The van der Waals surface area contributed by atoms with E-state index in [1.807, 2.05) is 31.2 Å². The topological polar surface area (TPSA) is 207 Å². The van der Waals surface area contributed by atoms with E-state index in [1.165, 1.54) is 12.2 Å². The Hall–Kier alpha value is -3.83. The summed E-state index contributed by atoms with van der Waals surface area (Å²) >= 11 is 3.03. The molecule has 7 fully saturated rings. The van der Waals surface area contributed by atoms with Crippen molar-refractivity contribution in [3.05, 3.63) is 59.2 Å². The van der Waals surface area contributed by atoms with Crippen LogP contribution in [0.4, 0.5) is 4.39 Å². The fraction of sp³-hybridized carbons (Fsp3) is 0.660. The van der Waals surface area contributed by atoms with Crippen LogP contribution in [0.3, 0.4) is 0 Å². The largest absolute Gasteiger partial charge is 0.460 e. The molecule has 5 N–H and O–H groups in total. The van der Waals surface area contributed by atoms with Crippen LogP contribution >= 0.6 is 15.9 Å². The van der Waals surface area contributed by atoms with E-state index in [1.54, 1.807) is 33.8 Å². The molecule has 63 heavy (non-hydrogen) atoms. The second-order valence-electron chi connectivity index (χ2n) is 20.8. The molecule has 1 aromatic carbocycles. The number of Topliss-reactive ketones (excluding diaryl/α,β-unsaturated/α-hetero) is 1. The lowest BCUT2D eigenvalue weighted by atomic mass is 9.38. The summed E-state index contributed by atoms with van der Waals surface area (Å²) in [6, 6.07) is 6.76. The first-order valence-corrected chi connectivity index (χ1v) is 23.2. The Labute approximate surface area is 375 Å². The lowest BCUT2D eigenvalue weighted by Gasteiger charge is -2.71. The normalized spacial score (nSPS) is 38.6. The molecule has 1 heterocycles. The number of alkyl halides is 2. The van der Waals surface area contributed by atoms with Crippen LogP contribution in [0.15, 0.2) is 48.1 Å². The first kappa shape index (κ1) is 45.7. The number of benzene rings is 1. The number of ether oxygens (including phenoxy) is 3. The van der Waals surface area contributed by atoms with Crippen LogP contribution in [0.25, 0.3) is 0 Å². The average molecular weight is 941 g/mol. The van der Waals surface area contributed by atoms with E-state index < -0.39 is 99.8 Å². The molecular weight excluding hydrogens is 881 g/mol. The zero-order chi connectivity index (χ0) is 45.5. The fourth-order valence-electron chi connectivity index (χ4n) is 13.0. The van der Waals surface area contributed by atoms with Gasteiger partial charge in [0.2, 0.25) is 17.7 Å². The second-order valence-corrected chi connectivity index (χ2v) is 21.3. The zero-order valence-corrected chi connectivity index (χ0v) is 38.1. The van der Waals surface area contributed by atoms with Crippen molar-refractivity contribution >= 4 is 51.2 Å². The molecule has 1 aromatic rings. The molecule has 10 atom stereocenters. The molecule has 1 saturated heterocycles. The van der Waals surface area contributed by atoms with Gasteiger partial charge in [0.05, 0.1) is 24.1 Å². The van der Waals surface area contributed by atoms with E-state index in [9.17, 15) is 39.0 Å². The van der Waals surface area contributed by atoms with Gasteiger partial charge in [-0.25, -0.2) is 4.39 Å². The van der Waals surface area contributed by atoms with Gasteiger partial charge in [0, 0.05) is 34.3 Å². The number of ketones is 2. The number of amides is 3. The number of nitrogens with one attached hydrogen (secondary N) is 3. The highest BCUT2D eigenvalue weighted by atomic mass is 79.9. The van der Waals surface area contributed by atoms with Crippen molar-refractivity contribution in [3.8, 4) is 0 Å². The van der Waals surface area contributed by atoms with Gasteiger partial charge in [-0.2, -0.15) is 0 Å². The molecule has 14 nitrogen and oxygen atoms in total. The van der Waals surface area contributed by atoms with Crippen molar-refractivity contribution in [2.24, 2.45) is 28.1 Å². The van der Waals surface area contributed by atoms with Crippen LogP contribution in [-0.4, -0.2) is 105 Å². The van der Waals surface area contributed by atoms with E-state index in [0.29, 0.717) is 30.4 Å². The van der Waals surface area contributed by atoms with E-state index in [0.717, 1.165) is 31.2 Å². The lowest BCUT2D eigenvalue weighted by Crippen LogP contribution is -2.76. The quantitative estimate of drug-likeness (QED) is 0.133. The van der Waals surface area contributed by atoms with Crippen LogP contribution in [0.1, 0.15) is 110 Å². The first-order valence-electron chi connectivity index (χ1n) is 22.1. The Morgan fingerprint density at radius 3 is 2.40 bits per heavy atom. The molecule has 7 aliphatic carbocycles. The van der Waals surface area contributed by atoms with Crippen molar-refractivity contribution in [3.63, 3.8) is 0 Å². The van der Waals surface area contributed by atoms with E-state index in [2.05, 4.69) is 31.9 Å². The van der Waals surface area contributed by atoms with Gasteiger partial charge in [0.25, 0.3) is 0 Å². The number of rotatable bonds is 14. The van der Waals surface area contributed by atoms with Crippen molar-refractivity contribution < 1.29 is 57.6 Å². The minimum Gasteiger partial charge on any atom is -0.460 e. The molecule has 8 aliphatic rings. The number of carbonyl (C=O) groups is 6. The Kier molecular flexibility index (Phi) is 11.6. The molecule has 1 unspecified atom stereocenters.